The SMILES string of the molecule is Cc1cc(C(=O)Nc2ccc(N3CCNCC3)cn2)n[nH]1.Cl. The average Bonchev–Trinajstić information content (AvgIpc) is 2.96. The molecule has 0 atom stereocenters. The van der Waals surface area contributed by atoms with Crippen LogP contribution in [0.3, 0.4) is 0 Å². The van der Waals surface area contributed by atoms with Crippen LogP contribution in [0.25, 0.3) is 0 Å². The molecule has 0 bridgehead atoms. The molecular weight excluding hydrogens is 304 g/mol. The third-order valence-electron chi connectivity index (χ3n) is 3.41. The van der Waals surface area contributed by atoms with Gasteiger partial charge in [0.05, 0.1) is 11.9 Å². The van der Waals surface area contributed by atoms with Crippen molar-refractivity contribution in [2.75, 3.05) is 36.4 Å². The van der Waals surface area contributed by atoms with Crippen LogP contribution in [-0.4, -0.2) is 47.3 Å². The molecule has 2 aromatic heterocycles. The summed E-state index contributed by atoms with van der Waals surface area (Å²) in [6.07, 6.45) is 1.79. The number of piperazine rings is 1. The summed E-state index contributed by atoms with van der Waals surface area (Å²) in [6, 6.07) is 5.49. The first kappa shape index (κ1) is 16.3. The van der Waals surface area contributed by atoms with Gasteiger partial charge < -0.3 is 15.5 Å². The highest BCUT2D eigenvalue weighted by atomic mass is 35.5. The number of carbonyl (C=O) groups is 1. The lowest BCUT2D eigenvalue weighted by Crippen LogP contribution is -2.43. The van der Waals surface area contributed by atoms with Gasteiger partial charge in [-0.05, 0) is 25.1 Å². The second kappa shape index (κ2) is 7.24. The standard InChI is InChI=1S/C14H18N6O.ClH/c1-10-8-12(19-18-10)14(21)17-13-3-2-11(9-16-13)20-6-4-15-5-7-20;/h2-3,8-9,15H,4-7H2,1H3,(H,18,19)(H,16,17,21);1H. The van der Waals surface area contributed by atoms with Gasteiger partial charge in [0.2, 0.25) is 0 Å². The maximum absolute atomic E-state index is 12.0. The Labute approximate surface area is 134 Å². The van der Waals surface area contributed by atoms with Gasteiger partial charge in [-0.3, -0.25) is 9.89 Å². The van der Waals surface area contributed by atoms with Crippen LogP contribution in [0.4, 0.5) is 11.5 Å². The fraction of sp³-hybridized carbons (Fsp3) is 0.357. The fourth-order valence-corrected chi connectivity index (χ4v) is 2.28. The monoisotopic (exact) mass is 322 g/mol. The number of amides is 1. The number of halogens is 1. The number of nitrogens with one attached hydrogen (secondary N) is 3. The number of carbonyl (C=O) groups excluding carboxylic acids is 1. The highest BCUT2D eigenvalue weighted by molar-refractivity contribution is 6.02. The molecule has 3 heterocycles. The van der Waals surface area contributed by atoms with Crippen LogP contribution in [0.5, 0.6) is 0 Å². The molecule has 3 N–H and O–H groups in total. The summed E-state index contributed by atoms with van der Waals surface area (Å²) in [5, 5.41) is 12.7. The summed E-state index contributed by atoms with van der Waals surface area (Å²) in [5.41, 5.74) is 2.28. The maximum Gasteiger partial charge on any atom is 0.277 e. The number of H-pyrrole nitrogens is 1. The predicted molar refractivity (Wildman–Crippen MR) is 87.8 cm³/mol. The van der Waals surface area contributed by atoms with Crippen molar-refractivity contribution < 1.29 is 4.79 Å². The number of aryl methyl sites for hydroxylation is 1. The van der Waals surface area contributed by atoms with E-state index in [1.807, 2.05) is 19.1 Å². The first-order valence-electron chi connectivity index (χ1n) is 6.97. The Hall–Kier alpha value is -2.12. The van der Waals surface area contributed by atoms with Gasteiger partial charge in [-0.25, -0.2) is 4.98 Å². The zero-order valence-corrected chi connectivity index (χ0v) is 13.1. The molecule has 3 rings (SSSR count). The van der Waals surface area contributed by atoms with Crippen LogP contribution in [-0.2, 0) is 0 Å². The fourth-order valence-electron chi connectivity index (χ4n) is 2.28. The van der Waals surface area contributed by atoms with E-state index in [4.69, 9.17) is 0 Å². The Kier molecular flexibility index (Phi) is 5.35. The summed E-state index contributed by atoms with van der Waals surface area (Å²) in [5.74, 6) is 0.265. The summed E-state index contributed by atoms with van der Waals surface area (Å²) >= 11 is 0. The van der Waals surface area contributed by atoms with Crippen LogP contribution in [0, 0.1) is 6.92 Å². The second-order valence-corrected chi connectivity index (χ2v) is 5.03. The Morgan fingerprint density at radius 3 is 2.68 bits per heavy atom. The molecule has 0 aromatic carbocycles. The van der Waals surface area contributed by atoms with Crippen molar-refractivity contribution in [3.05, 3.63) is 35.8 Å². The average molecular weight is 323 g/mol. The highest BCUT2D eigenvalue weighted by Crippen LogP contribution is 2.16. The number of aromatic nitrogens is 3. The van der Waals surface area contributed by atoms with Crippen molar-refractivity contribution in [3.63, 3.8) is 0 Å². The predicted octanol–water partition coefficient (Wildman–Crippen LogP) is 1.20. The van der Waals surface area contributed by atoms with Crippen molar-refractivity contribution in [2.45, 2.75) is 6.92 Å². The molecule has 0 saturated carbocycles. The summed E-state index contributed by atoms with van der Waals surface area (Å²) in [4.78, 5) is 18.5. The van der Waals surface area contributed by atoms with Crippen LogP contribution in [0.1, 0.15) is 16.2 Å². The number of hydrogen-bond acceptors (Lipinski definition) is 5. The van der Waals surface area contributed by atoms with E-state index in [1.54, 1.807) is 12.3 Å². The quantitative estimate of drug-likeness (QED) is 0.790. The third kappa shape index (κ3) is 3.75. The van der Waals surface area contributed by atoms with E-state index >= 15 is 0 Å². The number of aromatic amines is 1. The molecule has 22 heavy (non-hydrogen) atoms. The van der Waals surface area contributed by atoms with Gasteiger partial charge in [0.25, 0.3) is 5.91 Å². The minimum absolute atomic E-state index is 0. The van der Waals surface area contributed by atoms with E-state index in [0.29, 0.717) is 11.5 Å². The molecule has 118 valence electrons. The molecule has 0 aliphatic carbocycles. The van der Waals surface area contributed by atoms with Crippen LogP contribution in [0.2, 0.25) is 0 Å². The van der Waals surface area contributed by atoms with E-state index < -0.39 is 0 Å². The lowest BCUT2D eigenvalue weighted by Gasteiger charge is -2.29. The molecule has 1 aliphatic rings. The van der Waals surface area contributed by atoms with Gasteiger partial charge in [-0.1, -0.05) is 0 Å². The third-order valence-corrected chi connectivity index (χ3v) is 3.41. The smallest absolute Gasteiger partial charge is 0.277 e. The molecule has 8 heteroatoms. The first-order chi connectivity index (χ1) is 10.2. The van der Waals surface area contributed by atoms with E-state index in [2.05, 4.69) is 30.7 Å². The molecule has 1 fully saturated rings. The molecule has 1 amide bonds. The first-order valence-corrected chi connectivity index (χ1v) is 6.97. The van der Waals surface area contributed by atoms with Gasteiger partial charge in [-0.15, -0.1) is 12.4 Å². The molecule has 0 spiro atoms. The van der Waals surface area contributed by atoms with Gasteiger partial charge in [-0.2, -0.15) is 5.10 Å². The lowest BCUT2D eigenvalue weighted by molar-refractivity contribution is 0.102. The zero-order valence-electron chi connectivity index (χ0n) is 12.3. The van der Waals surface area contributed by atoms with Gasteiger partial charge >= 0.3 is 0 Å². The van der Waals surface area contributed by atoms with Crippen LogP contribution in [0.15, 0.2) is 24.4 Å². The van der Waals surface area contributed by atoms with E-state index in [1.165, 1.54) is 0 Å². The molecule has 1 aliphatic heterocycles. The summed E-state index contributed by atoms with van der Waals surface area (Å²) in [7, 11) is 0. The molecule has 0 unspecified atom stereocenters. The Morgan fingerprint density at radius 2 is 2.09 bits per heavy atom. The zero-order chi connectivity index (χ0) is 14.7. The number of anilines is 2. The molecule has 2 aromatic rings. The summed E-state index contributed by atoms with van der Waals surface area (Å²) in [6.45, 7) is 5.76. The Balaban J connectivity index is 0.00000176. The maximum atomic E-state index is 12.0. The van der Waals surface area contributed by atoms with Crippen molar-refractivity contribution >= 4 is 29.8 Å². The topological polar surface area (TPSA) is 85.9 Å². The van der Waals surface area contributed by atoms with E-state index in [-0.39, 0.29) is 18.3 Å². The Bertz CT molecular complexity index is 621. The van der Waals surface area contributed by atoms with Crippen molar-refractivity contribution in [1.82, 2.24) is 20.5 Å². The number of pyridine rings is 1. The summed E-state index contributed by atoms with van der Waals surface area (Å²) < 4.78 is 0. The van der Waals surface area contributed by atoms with E-state index in [9.17, 15) is 4.79 Å². The molecule has 0 radical (unpaired) electrons. The molecule has 1 saturated heterocycles. The number of rotatable bonds is 3. The second-order valence-electron chi connectivity index (χ2n) is 5.03. The minimum Gasteiger partial charge on any atom is -0.368 e. The normalized spacial score (nSPS) is 14.3. The van der Waals surface area contributed by atoms with E-state index in [0.717, 1.165) is 37.6 Å². The molecular formula is C14H19ClN6O. The number of nitrogens with zero attached hydrogens (tertiary/aromatic N) is 3. The van der Waals surface area contributed by atoms with Gasteiger partial charge in [0.15, 0.2) is 5.69 Å². The Morgan fingerprint density at radius 1 is 1.32 bits per heavy atom. The lowest BCUT2D eigenvalue weighted by atomic mass is 10.3. The number of hydrogen-bond donors (Lipinski definition) is 3. The molecule has 7 nitrogen and oxygen atoms in total. The van der Waals surface area contributed by atoms with Crippen molar-refractivity contribution in [3.8, 4) is 0 Å². The van der Waals surface area contributed by atoms with Crippen LogP contribution < -0.4 is 15.5 Å². The van der Waals surface area contributed by atoms with Crippen LogP contribution >= 0.6 is 12.4 Å². The van der Waals surface area contributed by atoms with Crippen molar-refractivity contribution in [2.24, 2.45) is 0 Å². The highest BCUT2D eigenvalue weighted by Gasteiger charge is 2.12. The van der Waals surface area contributed by atoms with Gasteiger partial charge in [0, 0.05) is 31.9 Å². The largest absolute Gasteiger partial charge is 0.368 e. The van der Waals surface area contributed by atoms with Crippen molar-refractivity contribution in [1.29, 1.82) is 0 Å². The van der Waals surface area contributed by atoms with Gasteiger partial charge in [0.1, 0.15) is 5.82 Å². The minimum atomic E-state index is -0.262.